The average molecular weight is 240 g/mol. The van der Waals surface area contributed by atoms with Crippen LogP contribution in [0.4, 0.5) is 11.5 Å². The van der Waals surface area contributed by atoms with Crippen molar-refractivity contribution in [2.75, 3.05) is 36.9 Å². The van der Waals surface area contributed by atoms with Gasteiger partial charge in [0.2, 0.25) is 0 Å². The van der Waals surface area contributed by atoms with Crippen LogP contribution in [0.25, 0.3) is 0 Å². The van der Waals surface area contributed by atoms with Crippen molar-refractivity contribution in [2.24, 2.45) is 0 Å². The van der Waals surface area contributed by atoms with Crippen molar-refractivity contribution in [3.63, 3.8) is 0 Å². The maximum absolute atomic E-state index is 9.15. The molecule has 1 atom stereocenters. The number of anilines is 2. The Hall–Kier alpha value is -1.27. The molecule has 1 aromatic rings. The Morgan fingerprint density at radius 2 is 2.35 bits per heavy atom. The second-order valence-corrected chi connectivity index (χ2v) is 4.26. The van der Waals surface area contributed by atoms with E-state index in [-0.39, 0.29) is 12.7 Å². The number of rotatable bonds is 3. The highest BCUT2D eigenvalue weighted by Crippen LogP contribution is 2.27. The molecule has 17 heavy (non-hydrogen) atoms. The van der Waals surface area contributed by atoms with Crippen molar-refractivity contribution in [3.05, 3.63) is 5.69 Å². The molecule has 1 aliphatic heterocycles. The lowest BCUT2D eigenvalue weighted by Crippen LogP contribution is -2.45. The summed E-state index contributed by atoms with van der Waals surface area (Å²) in [4.78, 5) is 2.14. The molecule has 6 nitrogen and oxygen atoms in total. The van der Waals surface area contributed by atoms with Gasteiger partial charge in [-0.05, 0) is 13.8 Å². The molecule has 3 N–H and O–H groups in total. The van der Waals surface area contributed by atoms with Gasteiger partial charge in [0.15, 0.2) is 5.82 Å². The van der Waals surface area contributed by atoms with Crippen molar-refractivity contribution in [1.82, 2.24) is 9.78 Å². The summed E-state index contributed by atoms with van der Waals surface area (Å²) in [7, 11) is 0. The van der Waals surface area contributed by atoms with Crippen LogP contribution >= 0.6 is 0 Å². The summed E-state index contributed by atoms with van der Waals surface area (Å²) in [6.45, 7) is 6.83. The first-order valence-corrected chi connectivity index (χ1v) is 5.97. The van der Waals surface area contributed by atoms with E-state index in [1.54, 1.807) is 0 Å². The van der Waals surface area contributed by atoms with Crippen LogP contribution in [0, 0.1) is 6.92 Å². The molecule has 0 aliphatic carbocycles. The van der Waals surface area contributed by atoms with Crippen molar-refractivity contribution in [1.29, 1.82) is 0 Å². The minimum atomic E-state index is -0.135. The standard InChI is InChI=1S/C11H20N4O2/c1-3-15-11(10(12)8(2)13-15)14-4-5-17-9(6-14)7-16/h9,16H,3-7,12H2,1-2H3. The third-order valence-corrected chi connectivity index (χ3v) is 3.09. The van der Waals surface area contributed by atoms with Crippen LogP contribution in [0.5, 0.6) is 0 Å². The summed E-state index contributed by atoms with van der Waals surface area (Å²) in [6.07, 6.45) is -0.135. The average Bonchev–Trinajstić information content (AvgIpc) is 2.65. The zero-order valence-corrected chi connectivity index (χ0v) is 10.4. The molecule has 2 heterocycles. The molecule has 0 aromatic carbocycles. The molecule has 6 heteroatoms. The number of aryl methyl sites for hydroxylation is 2. The fraction of sp³-hybridized carbons (Fsp3) is 0.727. The molecule has 2 rings (SSSR count). The third-order valence-electron chi connectivity index (χ3n) is 3.09. The van der Waals surface area contributed by atoms with Gasteiger partial charge in [0, 0.05) is 19.6 Å². The highest BCUT2D eigenvalue weighted by atomic mass is 16.5. The molecule has 1 fully saturated rings. The lowest BCUT2D eigenvalue weighted by Gasteiger charge is -2.33. The van der Waals surface area contributed by atoms with Crippen molar-refractivity contribution in [2.45, 2.75) is 26.5 Å². The zero-order chi connectivity index (χ0) is 12.4. The number of ether oxygens (including phenoxy) is 1. The largest absolute Gasteiger partial charge is 0.394 e. The van der Waals surface area contributed by atoms with Gasteiger partial charge in [-0.2, -0.15) is 5.10 Å². The van der Waals surface area contributed by atoms with Gasteiger partial charge in [0.25, 0.3) is 0 Å². The number of hydrogen-bond acceptors (Lipinski definition) is 5. The Bertz CT molecular complexity index is 391. The Labute approximate surface area is 101 Å². The van der Waals surface area contributed by atoms with Gasteiger partial charge in [-0.3, -0.25) is 0 Å². The lowest BCUT2D eigenvalue weighted by molar-refractivity contribution is 0.00319. The SMILES string of the molecule is CCn1nc(C)c(N)c1N1CCOC(CO)C1. The van der Waals surface area contributed by atoms with Crippen LogP contribution in [-0.2, 0) is 11.3 Å². The Balaban J connectivity index is 2.26. The molecule has 0 radical (unpaired) electrons. The van der Waals surface area contributed by atoms with Gasteiger partial charge in [-0.25, -0.2) is 4.68 Å². The van der Waals surface area contributed by atoms with Crippen LogP contribution < -0.4 is 10.6 Å². The van der Waals surface area contributed by atoms with E-state index in [1.165, 1.54) is 0 Å². The van der Waals surface area contributed by atoms with Crippen LogP contribution in [0.3, 0.4) is 0 Å². The molecule has 96 valence electrons. The predicted octanol–water partition coefficient (Wildman–Crippen LogP) is -0.00888. The molecular weight excluding hydrogens is 220 g/mol. The zero-order valence-electron chi connectivity index (χ0n) is 10.4. The quantitative estimate of drug-likeness (QED) is 0.777. The Morgan fingerprint density at radius 3 is 3.00 bits per heavy atom. The number of nitrogen functional groups attached to an aromatic ring is 1. The second-order valence-electron chi connectivity index (χ2n) is 4.26. The first-order valence-electron chi connectivity index (χ1n) is 5.97. The van der Waals surface area contributed by atoms with Crippen LogP contribution in [0.2, 0.25) is 0 Å². The number of aliphatic hydroxyl groups is 1. The number of nitrogens with zero attached hydrogens (tertiary/aromatic N) is 3. The third kappa shape index (κ3) is 2.23. The number of hydrogen-bond donors (Lipinski definition) is 2. The monoisotopic (exact) mass is 240 g/mol. The first-order chi connectivity index (χ1) is 8.17. The molecule has 0 spiro atoms. The predicted molar refractivity (Wildman–Crippen MR) is 66.1 cm³/mol. The van der Waals surface area contributed by atoms with E-state index < -0.39 is 0 Å². The minimum absolute atomic E-state index is 0.0374. The van der Waals surface area contributed by atoms with Crippen LogP contribution in [0.1, 0.15) is 12.6 Å². The van der Waals surface area contributed by atoms with E-state index in [4.69, 9.17) is 15.6 Å². The summed E-state index contributed by atoms with van der Waals surface area (Å²) in [5.41, 5.74) is 7.65. The number of aromatic nitrogens is 2. The molecule has 0 bridgehead atoms. The number of morpholine rings is 1. The molecular formula is C11H20N4O2. The van der Waals surface area contributed by atoms with Crippen molar-refractivity contribution in [3.8, 4) is 0 Å². The van der Waals surface area contributed by atoms with Crippen molar-refractivity contribution >= 4 is 11.5 Å². The Kier molecular flexibility index (Phi) is 3.54. The summed E-state index contributed by atoms with van der Waals surface area (Å²) >= 11 is 0. The molecule has 0 amide bonds. The summed E-state index contributed by atoms with van der Waals surface area (Å²) in [5.74, 6) is 0.951. The van der Waals surface area contributed by atoms with Gasteiger partial charge in [0.05, 0.1) is 30.7 Å². The van der Waals surface area contributed by atoms with Crippen LogP contribution in [0.15, 0.2) is 0 Å². The van der Waals surface area contributed by atoms with Gasteiger partial charge in [-0.15, -0.1) is 0 Å². The molecule has 0 saturated carbocycles. The minimum Gasteiger partial charge on any atom is -0.394 e. The highest BCUT2D eigenvalue weighted by Gasteiger charge is 2.25. The highest BCUT2D eigenvalue weighted by molar-refractivity contribution is 5.66. The summed E-state index contributed by atoms with van der Waals surface area (Å²) < 4.78 is 7.34. The first kappa shape index (κ1) is 12.2. The second kappa shape index (κ2) is 4.93. The molecule has 1 aromatic heterocycles. The van der Waals surface area contributed by atoms with E-state index in [0.29, 0.717) is 13.2 Å². The van der Waals surface area contributed by atoms with Crippen LogP contribution in [-0.4, -0.2) is 47.3 Å². The fourth-order valence-corrected chi connectivity index (χ4v) is 2.16. The maximum atomic E-state index is 9.15. The van der Waals surface area contributed by atoms with E-state index in [2.05, 4.69) is 10.00 Å². The van der Waals surface area contributed by atoms with E-state index in [0.717, 1.165) is 30.3 Å². The smallest absolute Gasteiger partial charge is 0.150 e. The molecule has 1 aliphatic rings. The molecule has 1 saturated heterocycles. The fourth-order valence-electron chi connectivity index (χ4n) is 2.16. The topological polar surface area (TPSA) is 76.5 Å². The normalized spacial score (nSPS) is 20.9. The van der Waals surface area contributed by atoms with Gasteiger partial charge in [-0.1, -0.05) is 0 Å². The van der Waals surface area contributed by atoms with Gasteiger partial charge >= 0.3 is 0 Å². The summed E-state index contributed by atoms with van der Waals surface area (Å²) in [5, 5.41) is 13.6. The summed E-state index contributed by atoms with van der Waals surface area (Å²) in [6, 6.07) is 0. The van der Waals surface area contributed by atoms with E-state index >= 15 is 0 Å². The van der Waals surface area contributed by atoms with E-state index in [1.807, 2.05) is 18.5 Å². The van der Waals surface area contributed by atoms with Gasteiger partial charge < -0.3 is 20.5 Å². The number of nitrogens with two attached hydrogens (primary N) is 1. The van der Waals surface area contributed by atoms with Crippen molar-refractivity contribution < 1.29 is 9.84 Å². The molecule has 1 unspecified atom stereocenters. The van der Waals surface area contributed by atoms with E-state index in [9.17, 15) is 0 Å². The lowest BCUT2D eigenvalue weighted by atomic mass is 10.2. The Morgan fingerprint density at radius 1 is 1.59 bits per heavy atom. The van der Waals surface area contributed by atoms with Gasteiger partial charge in [0.1, 0.15) is 0 Å². The number of aliphatic hydroxyl groups excluding tert-OH is 1. The maximum Gasteiger partial charge on any atom is 0.150 e.